The summed E-state index contributed by atoms with van der Waals surface area (Å²) in [6, 6.07) is 28.7. The number of piperazine rings is 1. The second-order valence-corrected chi connectivity index (χ2v) is 10.3. The number of carbonyl (C=O) groups excluding carboxylic acids is 2. The normalized spacial score (nSPS) is 17.2. The molecule has 0 aliphatic carbocycles. The van der Waals surface area contributed by atoms with Gasteiger partial charge in [0.2, 0.25) is 0 Å². The maximum absolute atomic E-state index is 13.8. The van der Waals surface area contributed by atoms with Gasteiger partial charge in [-0.05, 0) is 46.0 Å². The first-order chi connectivity index (χ1) is 18.7. The highest BCUT2D eigenvalue weighted by Gasteiger charge is 2.31. The highest BCUT2D eigenvalue weighted by molar-refractivity contribution is 6.18. The molecule has 2 amide bonds. The van der Waals surface area contributed by atoms with Crippen molar-refractivity contribution >= 4 is 33.5 Å². The molecule has 0 saturated carbocycles. The molecule has 2 saturated heterocycles. The maximum atomic E-state index is 13.8. The molecule has 0 unspecified atom stereocenters. The number of hydrogen-bond acceptors (Lipinski definition) is 4. The molecule has 2 fully saturated rings. The Hall–Kier alpha value is -3.90. The Labute approximate surface area is 223 Å². The fourth-order valence-electron chi connectivity index (χ4n) is 5.92. The molecule has 38 heavy (non-hydrogen) atoms. The number of hydrogen-bond donors (Lipinski definition) is 0. The van der Waals surface area contributed by atoms with E-state index in [1.54, 1.807) is 0 Å². The summed E-state index contributed by atoms with van der Waals surface area (Å²) in [4.78, 5) is 32.7. The first-order valence-electron chi connectivity index (χ1n) is 13.6. The molecule has 6 heteroatoms. The lowest BCUT2D eigenvalue weighted by molar-refractivity contribution is 0.0402. The lowest BCUT2D eigenvalue weighted by atomic mass is 9.95. The number of amides is 2. The van der Waals surface area contributed by atoms with E-state index in [4.69, 9.17) is 4.74 Å². The van der Waals surface area contributed by atoms with E-state index in [-0.39, 0.29) is 12.0 Å². The minimum absolute atomic E-state index is 0.119. The van der Waals surface area contributed by atoms with Gasteiger partial charge in [-0.2, -0.15) is 0 Å². The molecule has 0 aromatic heterocycles. The van der Waals surface area contributed by atoms with Crippen LogP contribution < -0.4 is 0 Å². The molecule has 2 aliphatic rings. The summed E-state index contributed by atoms with van der Waals surface area (Å²) in [5.41, 5.74) is 1.81. The smallest absolute Gasteiger partial charge is 0.410 e. The fourth-order valence-corrected chi connectivity index (χ4v) is 5.92. The van der Waals surface area contributed by atoms with Crippen LogP contribution in [0.4, 0.5) is 4.79 Å². The van der Waals surface area contributed by atoms with Crippen LogP contribution in [-0.2, 0) is 11.3 Å². The third-order valence-corrected chi connectivity index (χ3v) is 8.03. The highest BCUT2D eigenvalue weighted by Crippen LogP contribution is 2.30. The van der Waals surface area contributed by atoms with Gasteiger partial charge in [-0.1, -0.05) is 78.9 Å². The van der Waals surface area contributed by atoms with Crippen LogP contribution in [0.3, 0.4) is 0 Å². The van der Waals surface area contributed by atoms with Gasteiger partial charge in [0.05, 0.1) is 5.56 Å². The van der Waals surface area contributed by atoms with Crippen molar-refractivity contribution in [3.05, 3.63) is 96.1 Å². The largest absolute Gasteiger partial charge is 0.445 e. The summed E-state index contributed by atoms with van der Waals surface area (Å²) in [6.45, 7) is 4.88. The quantitative estimate of drug-likeness (QED) is 0.340. The second-order valence-electron chi connectivity index (χ2n) is 10.3. The fraction of sp³-hybridized carbons (Fsp3) is 0.312. The molecule has 0 N–H and O–H groups in total. The minimum Gasteiger partial charge on any atom is -0.445 e. The lowest BCUT2D eigenvalue weighted by Crippen LogP contribution is -2.54. The zero-order chi connectivity index (χ0) is 25.9. The van der Waals surface area contributed by atoms with Gasteiger partial charge in [-0.15, -0.1) is 0 Å². The van der Waals surface area contributed by atoms with Crippen molar-refractivity contribution in [2.24, 2.45) is 0 Å². The summed E-state index contributed by atoms with van der Waals surface area (Å²) >= 11 is 0. The molecule has 194 valence electrons. The van der Waals surface area contributed by atoms with Crippen molar-refractivity contribution in [2.75, 3.05) is 39.3 Å². The van der Waals surface area contributed by atoms with Gasteiger partial charge in [-0.3, -0.25) is 9.69 Å². The van der Waals surface area contributed by atoms with Crippen molar-refractivity contribution in [3.63, 3.8) is 0 Å². The second kappa shape index (κ2) is 10.8. The molecule has 0 spiro atoms. The van der Waals surface area contributed by atoms with Gasteiger partial charge >= 0.3 is 6.09 Å². The third-order valence-electron chi connectivity index (χ3n) is 8.03. The van der Waals surface area contributed by atoms with E-state index in [1.807, 2.05) is 64.4 Å². The molecule has 6 nitrogen and oxygen atoms in total. The number of ether oxygens (including phenoxy) is 1. The van der Waals surface area contributed by atoms with Crippen LogP contribution in [0.1, 0.15) is 28.8 Å². The Morgan fingerprint density at radius 2 is 1.26 bits per heavy atom. The zero-order valence-electron chi connectivity index (χ0n) is 21.6. The summed E-state index contributed by atoms with van der Waals surface area (Å²) in [7, 11) is 0. The first kappa shape index (κ1) is 24.4. The van der Waals surface area contributed by atoms with Crippen LogP contribution in [0.5, 0.6) is 0 Å². The predicted octanol–water partition coefficient (Wildman–Crippen LogP) is 5.55. The highest BCUT2D eigenvalue weighted by atomic mass is 16.6. The summed E-state index contributed by atoms with van der Waals surface area (Å²) < 4.78 is 5.52. The van der Waals surface area contributed by atoms with Crippen molar-refractivity contribution < 1.29 is 14.3 Å². The first-order valence-corrected chi connectivity index (χ1v) is 13.6. The minimum atomic E-state index is -0.231. The van der Waals surface area contributed by atoms with Gasteiger partial charge in [0.15, 0.2) is 0 Å². The van der Waals surface area contributed by atoms with E-state index >= 15 is 0 Å². The number of likely N-dealkylation sites (tertiary alicyclic amines) is 1. The average Bonchev–Trinajstić information content (AvgIpc) is 2.99. The van der Waals surface area contributed by atoms with Crippen molar-refractivity contribution in [1.29, 1.82) is 0 Å². The van der Waals surface area contributed by atoms with E-state index in [2.05, 4.69) is 35.2 Å². The van der Waals surface area contributed by atoms with Crippen LogP contribution in [-0.4, -0.2) is 72.0 Å². The Morgan fingerprint density at radius 1 is 0.684 bits per heavy atom. The molecule has 2 aliphatic heterocycles. The van der Waals surface area contributed by atoms with E-state index in [0.717, 1.165) is 71.7 Å². The maximum Gasteiger partial charge on any atom is 0.410 e. The molecule has 0 radical (unpaired) electrons. The average molecular weight is 508 g/mol. The lowest BCUT2D eigenvalue weighted by Gasteiger charge is -2.42. The van der Waals surface area contributed by atoms with Gasteiger partial charge in [0, 0.05) is 45.3 Å². The number of nitrogens with zero attached hydrogens (tertiary/aromatic N) is 3. The van der Waals surface area contributed by atoms with Gasteiger partial charge in [-0.25, -0.2) is 4.79 Å². The standard InChI is InChI=1S/C32H33N3O3/c36-31(30-28-12-6-4-10-25(28)22-26-11-5-7-13-29(26)30)34-20-18-33(19-21-34)27-14-16-35(17-15-27)32(37)38-23-24-8-2-1-3-9-24/h1-13,22,27H,14-21,23H2. The summed E-state index contributed by atoms with van der Waals surface area (Å²) in [5, 5.41) is 4.24. The zero-order valence-corrected chi connectivity index (χ0v) is 21.6. The number of benzene rings is 4. The number of piperidine rings is 1. The Bertz CT molecular complexity index is 1380. The Balaban J connectivity index is 1.06. The number of rotatable bonds is 4. The molecule has 4 aromatic rings. The SMILES string of the molecule is O=C(OCc1ccccc1)N1CCC(N2CCN(C(=O)c3c4ccccc4cc4ccccc34)CC2)CC1. The number of fused-ring (bicyclic) bond motifs is 2. The van der Waals surface area contributed by atoms with E-state index in [0.29, 0.717) is 25.7 Å². The molecule has 4 aromatic carbocycles. The van der Waals surface area contributed by atoms with Crippen molar-refractivity contribution in [3.8, 4) is 0 Å². The van der Waals surface area contributed by atoms with Crippen LogP contribution in [0, 0.1) is 0 Å². The van der Waals surface area contributed by atoms with Crippen LogP contribution >= 0.6 is 0 Å². The van der Waals surface area contributed by atoms with Gasteiger partial charge in [0.25, 0.3) is 5.91 Å². The van der Waals surface area contributed by atoms with Gasteiger partial charge in [0.1, 0.15) is 6.61 Å². The summed E-state index contributed by atoms with van der Waals surface area (Å²) in [6.07, 6.45) is 1.63. The van der Waals surface area contributed by atoms with E-state index in [1.165, 1.54) is 0 Å². The number of carbonyl (C=O) groups is 2. The molecule has 6 rings (SSSR count). The monoisotopic (exact) mass is 507 g/mol. The van der Waals surface area contributed by atoms with E-state index < -0.39 is 0 Å². The molecule has 0 bridgehead atoms. The van der Waals surface area contributed by atoms with Crippen LogP contribution in [0.2, 0.25) is 0 Å². The van der Waals surface area contributed by atoms with Crippen molar-refractivity contribution in [2.45, 2.75) is 25.5 Å². The van der Waals surface area contributed by atoms with Crippen LogP contribution in [0.25, 0.3) is 21.5 Å². The topological polar surface area (TPSA) is 53.1 Å². The molecule has 2 heterocycles. The third kappa shape index (κ3) is 4.96. The summed E-state index contributed by atoms with van der Waals surface area (Å²) in [5.74, 6) is 0.119. The van der Waals surface area contributed by atoms with Crippen molar-refractivity contribution in [1.82, 2.24) is 14.7 Å². The molecular weight excluding hydrogens is 474 g/mol. The predicted molar refractivity (Wildman–Crippen MR) is 150 cm³/mol. The molecular formula is C32H33N3O3. The van der Waals surface area contributed by atoms with Crippen LogP contribution in [0.15, 0.2) is 84.9 Å². The Kier molecular flexibility index (Phi) is 6.97. The molecule has 0 atom stereocenters. The Morgan fingerprint density at radius 3 is 1.89 bits per heavy atom. The van der Waals surface area contributed by atoms with E-state index in [9.17, 15) is 9.59 Å². The van der Waals surface area contributed by atoms with Gasteiger partial charge < -0.3 is 14.5 Å².